The zero-order valence-electron chi connectivity index (χ0n) is 29.8. The number of amides is 6. The van der Waals surface area contributed by atoms with Gasteiger partial charge >= 0.3 is 5.97 Å². The first-order valence-corrected chi connectivity index (χ1v) is 16.5. The molecule has 6 amide bonds. The molecular formula is C31H53N9O11. The fourth-order valence-corrected chi connectivity index (χ4v) is 4.60. The van der Waals surface area contributed by atoms with Crippen LogP contribution in [0.3, 0.4) is 0 Å². The van der Waals surface area contributed by atoms with Crippen molar-refractivity contribution in [1.29, 1.82) is 0 Å². The van der Waals surface area contributed by atoms with Crippen molar-refractivity contribution in [3.63, 3.8) is 0 Å². The monoisotopic (exact) mass is 727 g/mol. The number of carboxylic acids is 1. The molecule has 20 nitrogen and oxygen atoms in total. The second-order valence-corrected chi connectivity index (χ2v) is 12.8. The van der Waals surface area contributed by atoms with E-state index in [-0.39, 0.29) is 30.9 Å². The molecule has 0 unspecified atom stereocenters. The molecule has 6 atom stereocenters. The number of aliphatic hydroxyl groups excluding tert-OH is 3. The molecule has 0 bridgehead atoms. The Labute approximate surface area is 295 Å². The predicted molar refractivity (Wildman–Crippen MR) is 182 cm³/mol. The minimum absolute atomic E-state index is 0.0737. The van der Waals surface area contributed by atoms with Gasteiger partial charge in [0.1, 0.15) is 35.4 Å². The maximum Gasteiger partial charge on any atom is 0.328 e. The summed E-state index contributed by atoms with van der Waals surface area (Å²) in [6.07, 6.45) is 2.11. The van der Waals surface area contributed by atoms with Gasteiger partial charge < -0.3 is 58.5 Å². The number of nitrogens with two attached hydrogens (primary N) is 2. The summed E-state index contributed by atoms with van der Waals surface area (Å²) in [6, 6.07) is -7.91. The second kappa shape index (κ2) is 20.4. The lowest BCUT2D eigenvalue weighted by Gasteiger charge is -2.34. The molecule has 0 spiro atoms. The Morgan fingerprint density at radius 3 is 2.04 bits per heavy atom. The van der Waals surface area contributed by atoms with Gasteiger partial charge in [0.05, 0.1) is 19.8 Å². The molecular weight excluding hydrogens is 674 g/mol. The Morgan fingerprint density at radius 1 is 0.941 bits per heavy atom. The minimum atomic E-state index is -2.07. The standard InChI is InChI=1S/C31H53N9O11/c1-7-16(4)22(27(47)37-20(12-41)29(49)50)38-25(45)19(11-15(2)3)36-26(46)21-9-8-10-34-40(21)28(48)23(17(5)32)39-24(44)18(6)35-30(51)31(33,13-42)14-43/h10,15,17-21,23,41-43H,7-9,11-14,32-33H2,1-6H3,(H,35,51)(H,36,46)(H,37,47)(H,38,45)(H,39,44)(H,49,50)/b22-16+/t17-,18-,19-,20-,21+,23-/m0/s1. The number of aliphatic hydroxyl groups is 3. The summed E-state index contributed by atoms with van der Waals surface area (Å²) < 4.78 is 0. The van der Waals surface area contributed by atoms with E-state index in [1.807, 2.05) is 0 Å². The average molecular weight is 728 g/mol. The number of hydrogen-bond acceptors (Lipinski definition) is 13. The lowest BCUT2D eigenvalue weighted by molar-refractivity contribution is -0.145. The van der Waals surface area contributed by atoms with E-state index in [9.17, 15) is 54.0 Å². The van der Waals surface area contributed by atoms with Crippen LogP contribution in [0, 0.1) is 5.92 Å². The normalized spacial score (nSPS) is 18.0. The fraction of sp³-hybridized carbons (Fsp3) is 0.677. The fourth-order valence-electron chi connectivity index (χ4n) is 4.60. The highest BCUT2D eigenvalue weighted by Gasteiger charge is 2.40. The van der Waals surface area contributed by atoms with Crippen molar-refractivity contribution in [3.05, 3.63) is 11.3 Å². The lowest BCUT2D eigenvalue weighted by atomic mass is 10.0. The molecule has 1 heterocycles. The van der Waals surface area contributed by atoms with Crippen LogP contribution in [0.2, 0.25) is 0 Å². The maximum absolute atomic E-state index is 13.7. The first-order chi connectivity index (χ1) is 23.8. The van der Waals surface area contributed by atoms with Crippen molar-refractivity contribution in [1.82, 2.24) is 31.6 Å². The smallest absolute Gasteiger partial charge is 0.328 e. The molecule has 20 heteroatoms. The Balaban J connectivity index is 3.26. The Bertz CT molecular complexity index is 1350. The van der Waals surface area contributed by atoms with Crippen LogP contribution in [0.5, 0.6) is 0 Å². The highest BCUT2D eigenvalue weighted by atomic mass is 16.4. The second-order valence-electron chi connectivity index (χ2n) is 12.8. The largest absolute Gasteiger partial charge is 0.480 e. The third-order valence-electron chi connectivity index (χ3n) is 8.00. The van der Waals surface area contributed by atoms with Crippen LogP contribution in [0.1, 0.15) is 67.2 Å². The van der Waals surface area contributed by atoms with Crippen LogP contribution in [0.25, 0.3) is 0 Å². The summed E-state index contributed by atoms with van der Waals surface area (Å²) in [7, 11) is 0. The highest BCUT2D eigenvalue weighted by molar-refractivity contribution is 6.02. The van der Waals surface area contributed by atoms with Crippen molar-refractivity contribution in [2.75, 3.05) is 19.8 Å². The number of allylic oxidation sites excluding steroid dienone is 1. The van der Waals surface area contributed by atoms with Crippen LogP contribution >= 0.6 is 0 Å². The molecule has 0 saturated heterocycles. The molecule has 51 heavy (non-hydrogen) atoms. The van der Waals surface area contributed by atoms with E-state index in [1.165, 1.54) is 20.1 Å². The van der Waals surface area contributed by atoms with Gasteiger partial charge in [-0.25, -0.2) is 9.80 Å². The van der Waals surface area contributed by atoms with E-state index >= 15 is 0 Å². The Morgan fingerprint density at radius 2 is 1.55 bits per heavy atom. The number of hydrazone groups is 1. The Hall–Kier alpha value is -4.50. The summed E-state index contributed by atoms with van der Waals surface area (Å²) in [5.41, 5.74) is 9.75. The van der Waals surface area contributed by atoms with E-state index in [4.69, 9.17) is 11.5 Å². The van der Waals surface area contributed by atoms with Crippen LogP contribution in [-0.2, 0) is 33.6 Å². The number of rotatable bonds is 19. The number of carbonyl (C=O) groups excluding carboxylic acids is 6. The van der Waals surface area contributed by atoms with Crippen molar-refractivity contribution < 1.29 is 54.0 Å². The van der Waals surface area contributed by atoms with Crippen LogP contribution in [0.15, 0.2) is 16.4 Å². The zero-order chi connectivity index (χ0) is 39.2. The summed E-state index contributed by atoms with van der Waals surface area (Å²) in [4.78, 5) is 90.7. The quantitative estimate of drug-likeness (QED) is 0.0564. The molecule has 0 aromatic rings. The number of hydrogen-bond donors (Lipinski definition) is 11. The van der Waals surface area contributed by atoms with Gasteiger partial charge in [0.25, 0.3) is 11.8 Å². The summed E-state index contributed by atoms with van der Waals surface area (Å²) >= 11 is 0. The lowest BCUT2D eigenvalue weighted by Crippen LogP contribution is -2.64. The molecule has 0 aliphatic carbocycles. The van der Waals surface area contributed by atoms with E-state index < -0.39 is 103 Å². The number of carboxylic acid groups (broad SMARTS) is 1. The van der Waals surface area contributed by atoms with Crippen LogP contribution in [0.4, 0.5) is 0 Å². The third kappa shape index (κ3) is 12.6. The van der Waals surface area contributed by atoms with Gasteiger partial charge in [0.15, 0.2) is 6.04 Å². The topological polar surface area (TPSA) is 328 Å². The molecule has 1 aliphatic heterocycles. The van der Waals surface area contributed by atoms with Crippen LogP contribution < -0.4 is 38.1 Å². The first kappa shape index (κ1) is 44.5. The van der Waals surface area contributed by atoms with Crippen LogP contribution in [-0.4, -0.2) is 135 Å². The van der Waals surface area contributed by atoms with Gasteiger partial charge in [-0.3, -0.25) is 28.8 Å². The van der Waals surface area contributed by atoms with Crippen molar-refractivity contribution in [3.8, 4) is 0 Å². The molecule has 13 N–H and O–H groups in total. The summed E-state index contributed by atoms with van der Waals surface area (Å²) in [5.74, 6) is -6.97. The van der Waals surface area contributed by atoms with E-state index in [0.29, 0.717) is 12.0 Å². The van der Waals surface area contributed by atoms with Crippen molar-refractivity contribution >= 4 is 47.6 Å². The van der Waals surface area contributed by atoms with Crippen molar-refractivity contribution in [2.45, 2.75) is 109 Å². The number of nitrogens with one attached hydrogen (secondary N) is 5. The molecule has 0 radical (unpaired) electrons. The number of carbonyl (C=O) groups is 7. The SMILES string of the molecule is CC/C(C)=C(/NC(=O)[C@H](CC(C)C)NC(=O)[C@H]1CCC=NN1C(=O)[C@@H](NC(=O)[C@H](C)NC(=O)C(N)(CO)CO)[C@H](C)N)C(=O)N[C@@H](CO)C(=O)O. The summed E-state index contributed by atoms with van der Waals surface area (Å²) in [6.45, 7) is 6.77. The van der Waals surface area contributed by atoms with Gasteiger partial charge in [-0.1, -0.05) is 20.8 Å². The minimum Gasteiger partial charge on any atom is -0.480 e. The zero-order valence-corrected chi connectivity index (χ0v) is 29.8. The average Bonchev–Trinajstić information content (AvgIpc) is 3.09. The highest BCUT2D eigenvalue weighted by Crippen LogP contribution is 2.17. The summed E-state index contributed by atoms with van der Waals surface area (Å²) in [5, 5.41) is 54.1. The molecule has 288 valence electrons. The van der Waals surface area contributed by atoms with E-state index in [0.717, 1.165) is 5.01 Å². The van der Waals surface area contributed by atoms with E-state index in [1.54, 1.807) is 27.7 Å². The molecule has 1 rings (SSSR count). The molecule has 0 aromatic carbocycles. The molecule has 0 aromatic heterocycles. The van der Waals surface area contributed by atoms with Gasteiger partial charge in [0, 0.05) is 12.3 Å². The number of aliphatic carboxylic acids is 1. The molecule has 0 fully saturated rings. The van der Waals surface area contributed by atoms with Gasteiger partial charge in [-0.2, -0.15) is 5.10 Å². The Kier molecular flexibility index (Phi) is 17.8. The predicted octanol–water partition coefficient (Wildman–Crippen LogP) is -4.13. The van der Waals surface area contributed by atoms with Gasteiger partial charge in [-0.15, -0.1) is 0 Å². The van der Waals surface area contributed by atoms with Gasteiger partial charge in [-0.05, 0) is 57.9 Å². The third-order valence-corrected chi connectivity index (χ3v) is 8.00. The van der Waals surface area contributed by atoms with Gasteiger partial charge in [0.2, 0.25) is 23.6 Å². The number of nitrogens with zero attached hydrogens (tertiary/aromatic N) is 2. The first-order valence-electron chi connectivity index (χ1n) is 16.5. The van der Waals surface area contributed by atoms with E-state index in [2.05, 4.69) is 31.7 Å². The molecule has 1 aliphatic rings. The van der Waals surface area contributed by atoms with Crippen molar-refractivity contribution in [2.24, 2.45) is 22.5 Å². The molecule has 0 saturated carbocycles. The maximum atomic E-state index is 13.7.